The van der Waals surface area contributed by atoms with Crippen LogP contribution in [0.2, 0.25) is 5.02 Å². The van der Waals surface area contributed by atoms with Crippen LogP contribution in [0, 0.1) is 5.82 Å². The number of carbonyl (C=O) groups excluding carboxylic acids is 1. The molecule has 0 unspecified atom stereocenters. The second-order valence-corrected chi connectivity index (χ2v) is 8.41. The van der Waals surface area contributed by atoms with Crippen molar-refractivity contribution in [2.75, 3.05) is 6.54 Å². The normalized spacial score (nSPS) is 13.8. The third kappa shape index (κ3) is 4.81. The van der Waals surface area contributed by atoms with Crippen LogP contribution in [0.25, 0.3) is 16.8 Å². The SMILES string of the molecule is C=C(N)/C=C\C(=C/N)c1c(CC)ncnc1-c1cc(F)c(C(=O)N2CCn3ccnc3C2)c(Cl)c1. The van der Waals surface area contributed by atoms with Crippen molar-refractivity contribution in [3.05, 3.63) is 95.0 Å². The zero-order valence-corrected chi connectivity index (χ0v) is 20.0. The number of carbonyl (C=O) groups is 1. The lowest BCUT2D eigenvalue weighted by atomic mass is 9.95. The van der Waals surface area contributed by atoms with Crippen LogP contribution in [-0.4, -0.2) is 36.9 Å². The monoisotopic (exact) mass is 493 g/mol. The van der Waals surface area contributed by atoms with Crippen LogP contribution in [0.5, 0.6) is 0 Å². The molecular formula is C25H25ClFN7O. The van der Waals surface area contributed by atoms with E-state index in [0.29, 0.717) is 53.3 Å². The number of allylic oxidation sites excluding steroid dienone is 3. The molecule has 35 heavy (non-hydrogen) atoms. The highest BCUT2D eigenvalue weighted by molar-refractivity contribution is 6.34. The summed E-state index contributed by atoms with van der Waals surface area (Å²) in [4.78, 5) is 27.7. The van der Waals surface area contributed by atoms with Crippen LogP contribution < -0.4 is 11.5 Å². The van der Waals surface area contributed by atoms with E-state index in [2.05, 4.69) is 21.5 Å². The topological polar surface area (TPSA) is 116 Å². The third-order valence-electron chi connectivity index (χ3n) is 5.77. The summed E-state index contributed by atoms with van der Waals surface area (Å²) in [6, 6.07) is 2.79. The molecule has 0 atom stereocenters. The van der Waals surface area contributed by atoms with Gasteiger partial charge >= 0.3 is 0 Å². The van der Waals surface area contributed by atoms with E-state index in [1.54, 1.807) is 18.3 Å². The fourth-order valence-corrected chi connectivity index (χ4v) is 4.34. The summed E-state index contributed by atoms with van der Waals surface area (Å²) >= 11 is 6.49. The second kappa shape index (κ2) is 10.1. The zero-order chi connectivity index (χ0) is 25.1. The molecule has 4 rings (SSSR count). The van der Waals surface area contributed by atoms with Crippen LogP contribution >= 0.6 is 11.6 Å². The average molecular weight is 494 g/mol. The van der Waals surface area contributed by atoms with Gasteiger partial charge in [0.15, 0.2) is 0 Å². The number of nitrogens with zero attached hydrogens (tertiary/aromatic N) is 5. The molecule has 0 bridgehead atoms. The highest BCUT2D eigenvalue weighted by Crippen LogP contribution is 2.34. The fraction of sp³-hybridized carbons (Fsp3) is 0.200. The smallest absolute Gasteiger partial charge is 0.258 e. The first kappa shape index (κ1) is 24.2. The fourth-order valence-electron chi connectivity index (χ4n) is 4.05. The van der Waals surface area contributed by atoms with Crippen LogP contribution in [0.1, 0.15) is 34.4 Å². The molecule has 10 heteroatoms. The van der Waals surface area contributed by atoms with Crippen molar-refractivity contribution < 1.29 is 9.18 Å². The Hall–Kier alpha value is -3.98. The molecule has 0 spiro atoms. The number of hydrogen-bond acceptors (Lipinski definition) is 6. The van der Waals surface area contributed by atoms with Crippen molar-refractivity contribution >= 4 is 23.1 Å². The number of benzene rings is 1. The Kier molecular flexibility index (Phi) is 6.97. The average Bonchev–Trinajstić information content (AvgIpc) is 3.31. The quantitative estimate of drug-likeness (QED) is 0.506. The Balaban J connectivity index is 1.75. The van der Waals surface area contributed by atoms with E-state index >= 15 is 4.39 Å². The molecule has 180 valence electrons. The number of fused-ring (bicyclic) bond motifs is 1. The van der Waals surface area contributed by atoms with Crippen molar-refractivity contribution in [2.24, 2.45) is 11.5 Å². The maximum atomic E-state index is 15.4. The summed E-state index contributed by atoms with van der Waals surface area (Å²) in [6.45, 7) is 6.89. The summed E-state index contributed by atoms with van der Waals surface area (Å²) in [7, 11) is 0. The lowest BCUT2D eigenvalue weighted by molar-refractivity contribution is 0.0703. The Labute approximate surface area is 207 Å². The van der Waals surface area contributed by atoms with Gasteiger partial charge in [-0.25, -0.2) is 19.3 Å². The van der Waals surface area contributed by atoms with Gasteiger partial charge in [0.1, 0.15) is 18.0 Å². The van der Waals surface area contributed by atoms with Crippen LogP contribution in [-0.2, 0) is 19.5 Å². The lowest BCUT2D eigenvalue weighted by Crippen LogP contribution is -2.38. The van der Waals surface area contributed by atoms with E-state index in [4.69, 9.17) is 23.1 Å². The molecule has 4 N–H and O–H groups in total. The van der Waals surface area contributed by atoms with Crippen molar-refractivity contribution in [1.29, 1.82) is 0 Å². The summed E-state index contributed by atoms with van der Waals surface area (Å²) in [5.41, 5.74) is 14.5. The number of nitrogens with two attached hydrogens (primary N) is 2. The number of rotatable bonds is 6. The van der Waals surface area contributed by atoms with Crippen LogP contribution in [0.15, 0.2) is 61.5 Å². The second-order valence-electron chi connectivity index (χ2n) is 8.01. The highest BCUT2D eigenvalue weighted by Gasteiger charge is 2.27. The van der Waals surface area contributed by atoms with Gasteiger partial charge in [0.25, 0.3) is 5.91 Å². The first-order chi connectivity index (χ1) is 16.8. The standard InChI is InChI=1S/C25H25ClFN7O/c1-3-20-22(16(12-28)5-4-15(2)29)24(32-14-31-20)17-10-18(26)23(19(27)11-17)25(35)34-9-8-33-7-6-30-21(33)13-34/h4-7,10-12,14H,2-3,8-9,13,28-29H2,1H3/b5-4-,16-12+. The van der Waals surface area contributed by atoms with Gasteiger partial charge in [-0.05, 0) is 24.6 Å². The molecule has 1 aromatic carbocycles. The molecule has 1 aliphatic heterocycles. The maximum Gasteiger partial charge on any atom is 0.258 e. The first-order valence-electron chi connectivity index (χ1n) is 11.0. The molecule has 0 radical (unpaired) electrons. The minimum absolute atomic E-state index is 0.00863. The van der Waals surface area contributed by atoms with E-state index in [-0.39, 0.29) is 17.1 Å². The minimum atomic E-state index is -0.738. The van der Waals surface area contributed by atoms with E-state index < -0.39 is 11.7 Å². The number of imidazole rings is 1. The summed E-state index contributed by atoms with van der Waals surface area (Å²) in [5, 5.41) is -0.00863. The Bertz CT molecular complexity index is 1340. The van der Waals surface area contributed by atoms with Gasteiger partial charge in [0.2, 0.25) is 0 Å². The molecule has 0 fully saturated rings. The molecule has 1 aliphatic rings. The molecule has 0 saturated heterocycles. The maximum absolute atomic E-state index is 15.4. The Morgan fingerprint density at radius 1 is 1.23 bits per heavy atom. The first-order valence-corrected chi connectivity index (χ1v) is 11.4. The van der Waals surface area contributed by atoms with Gasteiger partial charge in [0, 0.05) is 54.1 Å². The molecule has 3 aromatic rings. The predicted octanol–water partition coefficient (Wildman–Crippen LogP) is 3.68. The summed E-state index contributed by atoms with van der Waals surface area (Å²) in [6.07, 6.45) is 10.2. The van der Waals surface area contributed by atoms with Crippen molar-refractivity contribution in [3.63, 3.8) is 0 Å². The number of amides is 1. The van der Waals surface area contributed by atoms with E-state index in [0.717, 1.165) is 5.82 Å². The van der Waals surface area contributed by atoms with Crippen molar-refractivity contribution in [1.82, 2.24) is 24.4 Å². The lowest BCUT2D eigenvalue weighted by Gasteiger charge is -2.28. The molecule has 1 amide bonds. The van der Waals surface area contributed by atoms with Crippen LogP contribution in [0.4, 0.5) is 4.39 Å². The van der Waals surface area contributed by atoms with E-state index in [1.807, 2.05) is 17.7 Å². The van der Waals surface area contributed by atoms with Crippen molar-refractivity contribution in [2.45, 2.75) is 26.4 Å². The number of hydrogen-bond donors (Lipinski definition) is 2. The summed E-state index contributed by atoms with van der Waals surface area (Å²) < 4.78 is 17.4. The van der Waals surface area contributed by atoms with E-state index in [9.17, 15) is 4.79 Å². The largest absolute Gasteiger partial charge is 0.404 e. The summed E-state index contributed by atoms with van der Waals surface area (Å²) in [5.74, 6) is -0.486. The molecule has 8 nitrogen and oxygen atoms in total. The van der Waals surface area contributed by atoms with Gasteiger partial charge in [-0.2, -0.15) is 0 Å². The number of aryl methyl sites for hydroxylation is 1. The highest BCUT2D eigenvalue weighted by atomic mass is 35.5. The van der Waals surface area contributed by atoms with Gasteiger partial charge in [0.05, 0.1) is 28.5 Å². The van der Waals surface area contributed by atoms with Crippen molar-refractivity contribution in [3.8, 4) is 11.3 Å². The van der Waals surface area contributed by atoms with Gasteiger partial charge in [-0.1, -0.05) is 31.2 Å². The Morgan fingerprint density at radius 3 is 2.71 bits per heavy atom. The molecule has 2 aromatic heterocycles. The molecule has 0 saturated carbocycles. The van der Waals surface area contributed by atoms with Gasteiger partial charge < -0.3 is 20.9 Å². The number of aromatic nitrogens is 4. The molecule has 0 aliphatic carbocycles. The zero-order valence-electron chi connectivity index (χ0n) is 19.2. The van der Waals surface area contributed by atoms with Gasteiger partial charge in [-0.3, -0.25) is 4.79 Å². The van der Waals surface area contributed by atoms with E-state index in [1.165, 1.54) is 29.6 Å². The minimum Gasteiger partial charge on any atom is -0.404 e. The Morgan fingerprint density at radius 2 is 2.03 bits per heavy atom. The molecule has 3 heterocycles. The molecular weight excluding hydrogens is 469 g/mol. The van der Waals surface area contributed by atoms with Crippen LogP contribution in [0.3, 0.4) is 0 Å². The number of halogens is 2. The third-order valence-corrected chi connectivity index (χ3v) is 6.07. The van der Waals surface area contributed by atoms with Gasteiger partial charge in [-0.15, -0.1) is 0 Å². The predicted molar refractivity (Wildman–Crippen MR) is 133 cm³/mol.